The molecule has 1 unspecified atom stereocenters. The van der Waals surface area contributed by atoms with Crippen LogP contribution in [0.15, 0.2) is 0 Å². The van der Waals surface area contributed by atoms with E-state index >= 15 is 0 Å². The molecule has 11 heavy (non-hydrogen) atoms. The van der Waals surface area contributed by atoms with Crippen LogP contribution in [0.25, 0.3) is 0 Å². The molecule has 0 spiro atoms. The van der Waals surface area contributed by atoms with Crippen molar-refractivity contribution >= 4 is 11.7 Å². The Morgan fingerprint density at radius 1 is 1.45 bits per heavy atom. The summed E-state index contributed by atoms with van der Waals surface area (Å²) >= 11 is 0. The molecular formula is C8H13NO2. The summed E-state index contributed by atoms with van der Waals surface area (Å²) in [5.41, 5.74) is -0.805. The summed E-state index contributed by atoms with van der Waals surface area (Å²) in [5.74, 6) is -0.126. The monoisotopic (exact) mass is 155 g/mol. The van der Waals surface area contributed by atoms with Crippen LogP contribution in [0, 0.1) is 5.41 Å². The summed E-state index contributed by atoms with van der Waals surface area (Å²) in [6.07, 6.45) is 0.688. The summed E-state index contributed by atoms with van der Waals surface area (Å²) < 4.78 is 0. The van der Waals surface area contributed by atoms with Crippen LogP contribution >= 0.6 is 0 Å². The first-order valence-electron chi connectivity index (χ1n) is 3.85. The number of nitrogens with one attached hydrogen (secondary N) is 1. The summed E-state index contributed by atoms with van der Waals surface area (Å²) in [6, 6.07) is -0.252. The molecule has 1 saturated heterocycles. The summed E-state index contributed by atoms with van der Waals surface area (Å²) in [7, 11) is 0. The van der Waals surface area contributed by atoms with Crippen molar-refractivity contribution in [2.45, 2.75) is 33.2 Å². The van der Waals surface area contributed by atoms with E-state index in [0.717, 1.165) is 0 Å². The number of carbonyl (C=O) groups is 2. The third-order valence-corrected chi connectivity index (χ3v) is 2.21. The average molecular weight is 155 g/mol. The highest BCUT2D eigenvalue weighted by Gasteiger charge is 2.46. The van der Waals surface area contributed by atoms with E-state index in [-0.39, 0.29) is 17.7 Å². The van der Waals surface area contributed by atoms with Gasteiger partial charge in [-0.05, 0) is 20.3 Å². The van der Waals surface area contributed by atoms with Gasteiger partial charge >= 0.3 is 0 Å². The van der Waals surface area contributed by atoms with E-state index in [2.05, 4.69) is 5.32 Å². The second kappa shape index (κ2) is 2.32. The van der Waals surface area contributed by atoms with Crippen molar-refractivity contribution in [3.63, 3.8) is 0 Å². The summed E-state index contributed by atoms with van der Waals surface area (Å²) in [5, 5.41) is 2.66. The Kier molecular flexibility index (Phi) is 1.74. The molecule has 1 rings (SSSR count). The Labute approximate surface area is 66.2 Å². The van der Waals surface area contributed by atoms with Crippen LogP contribution in [0.1, 0.15) is 27.2 Å². The number of rotatable bonds is 1. The maximum Gasteiger partial charge on any atom is 0.233 e. The highest BCUT2D eigenvalue weighted by molar-refractivity contribution is 6.13. The molecule has 0 saturated carbocycles. The molecule has 62 valence electrons. The van der Waals surface area contributed by atoms with Gasteiger partial charge in [-0.1, -0.05) is 6.92 Å². The summed E-state index contributed by atoms with van der Waals surface area (Å²) in [4.78, 5) is 22.5. The van der Waals surface area contributed by atoms with Gasteiger partial charge in [0.1, 0.15) is 5.41 Å². The predicted octanol–water partition coefficient (Wildman–Crippen LogP) is 0.490. The minimum atomic E-state index is -0.805. The second-order valence-corrected chi connectivity index (χ2v) is 3.42. The summed E-state index contributed by atoms with van der Waals surface area (Å²) in [6.45, 7) is 5.23. The molecule has 0 aromatic rings. The van der Waals surface area contributed by atoms with Crippen LogP contribution in [0.4, 0.5) is 0 Å². The van der Waals surface area contributed by atoms with Crippen molar-refractivity contribution in [2.75, 3.05) is 0 Å². The van der Waals surface area contributed by atoms with Crippen LogP contribution < -0.4 is 5.32 Å². The van der Waals surface area contributed by atoms with Crippen molar-refractivity contribution in [3.05, 3.63) is 0 Å². The average Bonchev–Trinajstić information content (AvgIpc) is 2.14. The molecule has 0 radical (unpaired) electrons. The standard InChI is InChI=1S/C8H13NO2/c1-4-5-6(10)8(2,3)7(11)9-5/h5H,4H2,1-3H3,(H,9,11). The van der Waals surface area contributed by atoms with Crippen molar-refractivity contribution in [1.82, 2.24) is 5.32 Å². The maximum atomic E-state index is 11.4. The normalized spacial score (nSPS) is 28.8. The zero-order valence-electron chi connectivity index (χ0n) is 7.10. The van der Waals surface area contributed by atoms with Crippen molar-refractivity contribution in [1.29, 1.82) is 0 Å². The molecular weight excluding hydrogens is 142 g/mol. The van der Waals surface area contributed by atoms with Crippen LogP contribution in [-0.2, 0) is 9.59 Å². The molecule has 0 aliphatic carbocycles. The van der Waals surface area contributed by atoms with E-state index < -0.39 is 5.41 Å². The van der Waals surface area contributed by atoms with E-state index in [4.69, 9.17) is 0 Å². The van der Waals surface area contributed by atoms with Gasteiger partial charge in [-0.25, -0.2) is 0 Å². The quantitative estimate of drug-likeness (QED) is 0.560. The molecule has 1 aliphatic heterocycles. The Balaban J connectivity index is 2.89. The Hall–Kier alpha value is -0.860. The molecule has 0 aromatic heterocycles. The van der Waals surface area contributed by atoms with Gasteiger partial charge in [-0.2, -0.15) is 0 Å². The first-order valence-corrected chi connectivity index (χ1v) is 3.85. The van der Waals surface area contributed by atoms with E-state index in [1.54, 1.807) is 13.8 Å². The lowest BCUT2D eigenvalue weighted by Gasteiger charge is -2.10. The molecule has 1 N–H and O–H groups in total. The Morgan fingerprint density at radius 2 is 2.00 bits per heavy atom. The second-order valence-electron chi connectivity index (χ2n) is 3.42. The van der Waals surface area contributed by atoms with Crippen molar-refractivity contribution in [3.8, 4) is 0 Å². The molecule has 0 bridgehead atoms. The zero-order chi connectivity index (χ0) is 8.65. The largest absolute Gasteiger partial charge is 0.345 e. The highest BCUT2D eigenvalue weighted by atomic mass is 16.2. The maximum absolute atomic E-state index is 11.4. The lowest BCUT2D eigenvalue weighted by molar-refractivity contribution is -0.133. The minimum absolute atomic E-state index is 0.0185. The van der Waals surface area contributed by atoms with Gasteiger partial charge in [0, 0.05) is 0 Å². The van der Waals surface area contributed by atoms with Crippen LogP contribution in [0.2, 0.25) is 0 Å². The predicted molar refractivity (Wildman–Crippen MR) is 41.0 cm³/mol. The Bertz CT molecular complexity index is 208. The van der Waals surface area contributed by atoms with Gasteiger partial charge in [0.05, 0.1) is 6.04 Å². The van der Waals surface area contributed by atoms with E-state index in [1.807, 2.05) is 6.92 Å². The third kappa shape index (κ3) is 1.04. The number of ketones is 1. The molecule has 0 aromatic carbocycles. The van der Waals surface area contributed by atoms with E-state index in [1.165, 1.54) is 0 Å². The lowest BCUT2D eigenvalue weighted by atomic mass is 9.88. The van der Waals surface area contributed by atoms with Gasteiger partial charge in [0.15, 0.2) is 5.78 Å². The topological polar surface area (TPSA) is 46.2 Å². The van der Waals surface area contributed by atoms with E-state index in [0.29, 0.717) is 6.42 Å². The molecule has 3 heteroatoms. The van der Waals surface area contributed by atoms with Gasteiger partial charge in [0.2, 0.25) is 5.91 Å². The molecule has 1 fully saturated rings. The number of hydrogen-bond acceptors (Lipinski definition) is 2. The number of Topliss-reactive ketones (excluding diaryl/α,β-unsaturated/α-hetero) is 1. The van der Waals surface area contributed by atoms with Crippen LogP contribution in [-0.4, -0.2) is 17.7 Å². The first kappa shape index (κ1) is 8.24. The molecule has 1 amide bonds. The van der Waals surface area contributed by atoms with Gasteiger partial charge in [-0.3, -0.25) is 9.59 Å². The molecule has 1 heterocycles. The van der Waals surface area contributed by atoms with Gasteiger partial charge in [0.25, 0.3) is 0 Å². The number of hydrogen-bond donors (Lipinski definition) is 1. The van der Waals surface area contributed by atoms with Gasteiger partial charge < -0.3 is 5.32 Å². The highest BCUT2D eigenvalue weighted by Crippen LogP contribution is 2.25. The van der Waals surface area contributed by atoms with Crippen LogP contribution in [0.3, 0.4) is 0 Å². The minimum Gasteiger partial charge on any atom is -0.345 e. The van der Waals surface area contributed by atoms with Crippen LogP contribution in [0.5, 0.6) is 0 Å². The van der Waals surface area contributed by atoms with E-state index in [9.17, 15) is 9.59 Å². The van der Waals surface area contributed by atoms with Gasteiger partial charge in [-0.15, -0.1) is 0 Å². The molecule has 1 atom stereocenters. The number of carbonyl (C=O) groups excluding carboxylic acids is 2. The molecule has 1 aliphatic rings. The number of amides is 1. The third-order valence-electron chi connectivity index (χ3n) is 2.21. The first-order chi connectivity index (χ1) is 5.00. The zero-order valence-corrected chi connectivity index (χ0v) is 7.10. The SMILES string of the molecule is CCC1NC(=O)C(C)(C)C1=O. The molecule has 3 nitrogen and oxygen atoms in total. The fourth-order valence-corrected chi connectivity index (χ4v) is 1.24. The lowest BCUT2D eigenvalue weighted by Crippen LogP contribution is -2.28. The van der Waals surface area contributed by atoms with Crippen molar-refractivity contribution < 1.29 is 9.59 Å². The fourth-order valence-electron chi connectivity index (χ4n) is 1.24. The smallest absolute Gasteiger partial charge is 0.233 e. The Morgan fingerprint density at radius 3 is 2.18 bits per heavy atom. The van der Waals surface area contributed by atoms with Crippen molar-refractivity contribution in [2.24, 2.45) is 5.41 Å². The fraction of sp³-hybridized carbons (Fsp3) is 0.750.